The van der Waals surface area contributed by atoms with E-state index >= 15 is 0 Å². The predicted octanol–water partition coefficient (Wildman–Crippen LogP) is 8.60. The normalized spacial score (nSPS) is 14.0. The summed E-state index contributed by atoms with van der Waals surface area (Å²) >= 11 is 0. The van der Waals surface area contributed by atoms with Gasteiger partial charge in [-0.05, 0) is 66.8 Å². The van der Waals surface area contributed by atoms with Crippen molar-refractivity contribution >= 4 is 11.4 Å². The average Bonchev–Trinajstić information content (AvgIpc) is 3.01. The molecule has 0 atom stereocenters. The Morgan fingerprint density at radius 1 is 0.594 bits per heavy atom. The van der Waals surface area contributed by atoms with Crippen LogP contribution >= 0.6 is 0 Å². The molecule has 1 nitrogen and oxygen atoms in total. The highest BCUT2D eigenvalue weighted by atomic mass is 15.2. The molecule has 1 aliphatic carbocycles. The summed E-state index contributed by atoms with van der Waals surface area (Å²) in [5, 5.41) is 0. The molecule has 0 fully saturated rings. The Balaban J connectivity index is 1.70. The van der Waals surface area contributed by atoms with Crippen molar-refractivity contribution in [2.75, 3.05) is 4.90 Å². The Labute approximate surface area is 192 Å². The van der Waals surface area contributed by atoms with Crippen molar-refractivity contribution < 1.29 is 0 Å². The second kappa shape index (κ2) is 7.38. The van der Waals surface area contributed by atoms with E-state index < -0.39 is 0 Å². The zero-order chi connectivity index (χ0) is 22.5. The Morgan fingerprint density at radius 3 is 1.91 bits per heavy atom. The molecule has 0 saturated heterocycles. The molecule has 0 N–H and O–H groups in total. The quantitative estimate of drug-likeness (QED) is 0.322. The molecule has 0 aromatic heterocycles. The SMILES string of the molecule is CC1(C)c2ccccc2-c2ccc(N(c3ccccc3-c3ccccc3)C(C)(C)C)cc21. The van der Waals surface area contributed by atoms with E-state index in [1.54, 1.807) is 0 Å². The van der Waals surface area contributed by atoms with Crippen molar-refractivity contribution in [3.63, 3.8) is 0 Å². The van der Waals surface area contributed by atoms with Crippen LogP contribution in [0.1, 0.15) is 45.7 Å². The van der Waals surface area contributed by atoms with Gasteiger partial charge in [-0.3, -0.25) is 0 Å². The van der Waals surface area contributed by atoms with Gasteiger partial charge in [0.25, 0.3) is 0 Å². The van der Waals surface area contributed by atoms with E-state index in [-0.39, 0.29) is 11.0 Å². The molecule has 1 aliphatic rings. The summed E-state index contributed by atoms with van der Waals surface area (Å²) in [6, 6.07) is 35.3. The van der Waals surface area contributed by atoms with Crippen LogP contribution in [0.3, 0.4) is 0 Å². The summed E-state index contributed by atoms with van der Waals surface area (Å²) in [6.07, 6.45) is 0. The van der Waals surface area contributed by atoms with Crippen LogP contribution in [-0.2, 0) is 5.41 Å². The maximum atomic E-state index is 2.49. The second-order valence-corrected chi connectivity index (χ2v) is 10.3. The molecule has 1 heteroatoms. The highest BCUT2D eigenvalue weighted by Crippen LogP contribution is 2.50. The van der Waals surface area contributed by atoms with E-state index in [4.69, 9.17) is 0 Å². The lowest BCUT2D eigenvalue weighted by Crippen LogP contribution is -2.38. The zero-order valence-corrected chi connectivity index (χ0v) is 19.7. The Kier molecular flexibility index (Phi) is 4.74. The van der Waals surface area contributed by atoms with Crippen LogP contribution in [0.4, 0.5) is 11.4 Å². The summed E-state index contributed by atoms with van der Waals surface area (Å²) in [4.78, 5) is 2.49. The first kappa shape index (κ1) is 20.6. The number of hydrogen-bond acceptors (Lipinski definition) is 1. The largest absolute Gasteiger partial charge is 0.336 e. The number of rotatable bonds is 3. The molecule has 4 aromatic rings. The molecule has 5 rings (SSSR count). The maximum Gasteiger partial charge on any atom is 0.0495 e. The van der Waals surface area contributed by atoms with Gasteiger partial charge in [0.2, 0.25) is 0 Å². The van der Waals surface area contributed by atoms with E-state index in [1.807, 2.05) is 0 Å². The number of hydrogen-bond donors (Lipinski definition) is 0. The van der Waals surface area contributed by atoms with Crippen LogP contribution in [0.5, 0.6) is 0 Å². The fourth-order valence-electron chi connectivity index (χ4n) is 5.25. The smallest absolute Gasteiger partial charge is 0.0495 e. The minimum absolute atomic E-state index is 0.00949. The van der Waals surface area contributed by atoms with Crippen LogP contribution in [-0.4, -0.2) is 5.54 Å². The molecule has 0 unspecified atom stereocenters. The van der Waals surface area contributed by atoms with Crippen molar-refractivity contribution in [3.05, 3.63) is 108 Å². The molecule has 0 aliphatic heterocycles. The summed E-state index contributed by atoms with van der Waals surface area (Å²) in [5.74, 6) is 0. The van der Waals surface area contributed by atoms with Crippen molar-refractivity contribution in [3.8, 4) is 22.3 Å². The number of benzene rings is 4. The molecule has 0 spiro atoms. The summed E-state index contributed by atoms with van der Waals surface area (Å²) < 4.78 is 0. The Morgan fingerprint density at radius 2 is 1.19 bits per heavy atom. The van der Waals surface area contributed by atoms with E-state index in [0.29, 0.717) is 0 Å². The van der Waals surface area contributed by atoms with Gasteiger partial charge in [-0.15, -0.1) is 0 Å². The molecule has 160 valence electrons. The van der Waals surface area contributed by atoms with Crippen LogP contribution in [0.15, 0.2) is 97.1 Å². The summed E-state index contributed by atoms with van der Waals surface area (Å²) in [6.45, 7) is 11.6. The van der Waals surface area contributed by atoms with Gasteiger partial charge in [-0.25, -0.2) is 0 Å². The fraction of sp³-hybridized carbons (Fsp3) is 0.226. The predicted molar refractivity (Wildman–Crippen MR) is 138 cm³/mol. The van der Waals surface area contributed by atoms with E-state index in [2.05, 4.69) is 137 Å². The summed E-state index contributed by atoms with van der Waals surface area (Å²) in [7, 11) is 0. The first-order valence-electron chi connectivity index (χ1n) is 11.5. The minimum atomic E-state index is -0.0886. The number of anilines is 2. The Hall–Kier alpha value is -3.32. The van der Waals surface area contributed by atoms with Crippen molar-refractivity contribution in [2.24, 2.45) is 0 Å². The highest BCUT2D eigenvalue weighted by Gasteiger charge is 2.36. The molecule has 0 heterocycles. The second-order valence-electron chi connectivity index (χ2n) is 10.3. The lowest BCUT2D eigenvalue weighted by atomic mass is 9.82. The lowest BCUT2D eigenvalue weighted by molar-refractivity contribution is 0.560. The van der Waals surface area contributed by atoms with Crippen LogP contribution in [0.25, 0.3) is 22.3 Å². The van der Waals surface area contributed by atoms with Gasteiger partial charge in [0.1, 0.15) is 0 Å². The number of nitrogens with zero attached hydrogens (tertiary/aromatic N) is 1. The highest BCUT2D eigenvalue weighted by molar-refractivity contribution is 5.86. The van der Waals surface area contributed by atoms with E-state index in [9.17, 15) is 0 Å². The molecule has 4 aromatic carbocycles. The first-order chi connectivity index (χ1) is 15.3. The third kappa shape index (κ3) is 3.24. The van der Waals surface area contributed by atoms with Gasteiger partial charge < -0.3 is 4.90 Å². The third-order valence-electron chi connectivity index (χ3n) is 6.73. The molecule has 0 radical (unpaired) electrons. The number of para-hydroxylation sites is 1. The standard InChI is InChI=1S/C31H31N/c1-30(2,3)32(29-18-12-10-15-24(29)22-13-7-6-8-14-22)23-19-20-26-25-16-9-11-17-27(25)31(4,5)28(26)21-23/h6-21H,1-5H3. The Bertz CT molecular complexity index is 1280. The molecule has 0 bridgehead atoms. The molecular weight excluding hydrogens is 386 g/mol. The van der Waals surface area contributed by atoms with Crippen LogP contribution < -0.4 is 4.90 Å². The van der Waals surface area contributed by atoms with Crippen molar-refractivity contribution in [2.45, 2.75) is 45.6 Å². The monoisotopic (exact) mass is 417 g/mol. The van der Waals surface area contributed by atoms with Crippen molar-refractivity contribution in [1.29, 1.82) is 0 Å². The zero-order valence-electron chi connectivity index (χ0n) is 19.7. The van der Waals surface area contributed by atoms with Crippen molar-refractivity contribution in [1.82, 2.24) is 0 Å². The van der Waals surface area contributed by atoms with Gasteiger partial charge in [-0.1, -0.05) is 92.7 Å². The number of fused-ring (bicyclic) bond motifs is 3. The average molecular weight is 418 g/mol. The summed E-state index contributed by atoms with van der Waals surface area (Å²) in [5.41, 5.74) is 10.4. The van der Waals surface area contributed by atoms with Gasteiger partial charge in [-0.2, -0.15) is 0 Å². The molecular formula is C31H31N. The molecule has 32 heavy (non-hydrogen) atoms. The van der Waals surface area contributed by atoms with Gasteiger partial charge in [0.15, 0.2) is 0 Å². The molecule has 0 amide bonds. The fourth-order valence-corrected chi connectivity index (χ4v) is 5.25. The maximum absolute atomic E-state index is 2.49. The topological polar surface area (TPSA) is 3.24 Å². The lowest BCUT2D eigenvalue weighted by Gasteiger charge is -2.39. The third-order valence-corrected chi connectivity index (χ3v) is 6.73. The van der Waals surface area contributed by atoms with Gasteiger partial charge in [0.05, 0.1) is 0 Å². The molecule has 0 saturated carbocycles. The first-order valence-corrected chi connectivity index (χ1v) is 11.5. The van der Waals surface area contributed by atoms with Crippen LogP contribution in [0.2, 0.25) is 0 Å². The van der Waals surface area contributed by atoms with E-state index in [1.165, 1.54) is 44.8 Å². The van der Waals surface area contributed by atoms with E-state index in [0.717, 1.165) is 0 Å². The van der Waals surface area contributed by atoms with Gasteiger partial charge >= 0.3 is 0 Å². The minimum Gasteiger partial charge on any atom is -0.336 e. The van der Waals surface area contributed by atoms with Gasteiger partial charge in [0, 0.05) is 27.9 Å². The van der Waals surface area contributed by atoms with Crippen LogP contribution in [0, 0.1) is 0 Å².